The van der Waals surface area contributed by atoms with Crippen molar-refractivity contribution in [3.05, 3.63) is 57.3 Å². The van der Waals surface area contributed by atoms with Gasteiger partial charge in [-0.1, -0.05) is 45.0 Å². The highest BCUT2D eigenvalue weighted by Crippen LogP contribution is 2.39. The predicted molar refractivity (Wildman–Crippen MR) is 124 cm³/mol. The molecule has 0 radical (unpaired) electrons. The first-order chi connectivity index (χ1) is 14.1. The van der Waals surface area contributed by atoms with Gasteiger partial charge >= 0.3 is 0 Å². The van der Waals surface area contributed by atoms with Crippen molar-refractivity contribution in [3.63, 3.8) is 0 Å². The molecule has 1 aromatic carbocycles. The Morgan fingerprint density at radius 2 is 1.87 bits per heavy atom. The van der Waals surface area contributed by atoms with Crippen molar-refractivity contribution in [1.29, 1.82) is 0 Å². The molecule has 0 bridgehead atoms. The number of amides is 2. The maximum Gasteiger partial charge on any atom is 0.243 e. The van der Waals surface area contributed by atoms with Gasteiger partial charge in [-0.25, -0.2) is 0 Å². The molecule has 0 spiro atoms. The lowest BCUT2D eigenvalue weighted by molar-refractivity contribution is -0.144. The van der Waals surface area contributed by atoms with Gasteiger partial charge in [-0.15, -0.1) is 11.3 Å². The lowest BCUT2D eigenvalue weighted by Crippen LogP contribution is -2.49. The third-order valence-electron chi connectivity index (χ3n) is 5.70. The number of rotatable bonds is 5. The second-order valence-corrected chi connectivity index (χ2v) is 10.7. The van der Waals surface area contributed by atoms with E-state index in [1.165, 1.54) is 21.6 Å². The molecule has 0 unspecified atom stereocenters. The van der Waals surface area contributed by atoms with Crippen molar-refractivity contribution in [2.75, 3.05) is 13.1 Å². The summed E-state index contributed by atoms with van der Waals surface area (Å²) in [4.78, 5) is 31.6. The Morgan fingerprint density at radius 1 is 1.17 bits per heavy atom. The van der Waals surface area contributed by atoms with E-state index in [1.807, 2.05) is 30.9 Å². The fraction of sp³-hybridized carbons (Fsp3) is 0.520. The van der Waals surface area contributed by atoms with Crippen LogP contribution in [0.1, 0.15) is 68.6 Å². The average molecular weight is 427 g/mol. The first kappa shape index (κ1) is 22.5. The van der Waals surface area contributed by atoms with Crippen LogP contribution >= 0.6 is 11.3 Å². The monoisotopic (exact) mass is 426 g/mol. The van der Waals surface area contributed by atoms with Gasteiger partial charge in [0.2, 0.25) is 11.8 Å². The summed E-state index contributed by atoms with van der Waals surface area (Å²) in [6.07, 6.45) is 1.31. The molecule has 2 aromatic rings. The van der Waals surface area contributed by atoms with Gasteiger partial charge < -0.3 is 9.80 Å². The van der Waals surface area contributed by atoms with Gasteiger partial charge in [-0.3, -0.25) is 9.59 Å². The smallest absolute Gasteiger partial charge is 0.243 e. The molecular formula is C25H34N2O2S. The minimum absolute atomic E-state index is 0.0118. The highest BCUT2D eigenvalue weighted by molar-refractivity contribution is 7.10. The van der Waals surface area contributed by atoms with E-state index in [4.69, 9.17) is 0 Å². The molecule has 1 aromatic heterocycles. The summed E-state index contributed by atoms with van der Waals surface area (Å²) in [5, 5.41) is 2.12. The van der Waals surface area contributed by atoms with E-state index < -0.39 is 0 Å². The molecular weight excluding hydrogens is 392 g/mol. The van der Waals surface area contributed by atoms with Gasteiger partial charge in [0.1, 0.15) is 6.54 Å². The summed E-state index contributed by atoms with van der Waals surface area (Å²) in [5.74, 6) is 0.0718. The molecule has 1 aliphatic rings. The van der Waals surface area contributed by atoms with Gasteiger partial charge in [0.25, 0.3) is 0 Å². The van der Waals surface area contributed by atoms with E-state index in [2.05, 4.69) is 51.3 Å². The minimum Gasteiger partial charge on any atom is -0.331 e. The second-order valence-electron chi connectivity index (χ2n) is 9.75. The van der Waals surface area contributed by atoms with Crippen LogP contribution in [0.5, 0.6) is 0 Å². The van der Waals surface area contributed by atoms with E-state index in [0.717, 1.165) is 6.42 Å². The van der Waals surface area contributed by atoms with Crippen LogP contribution in [0.15, 0.2) is 35.7 Å². The maximum absolute atomic E-state index is 13.5. The average Bonchev–Trinajstić information content (AvgIpc) is 3.12. The molecule has 0 fully saturated rings. The fourth-order valence-electron chi connectivity index (χ4n) is 4.16. The van der Waals surface area contributed by atoms with E-state index >= 15 is 0 Å². The summed E-state index contributed by atoms with van der Waals surface area (Å²) in [6.45, 7) is 13.1. The first-order valence-corrected chi connectivity index (χ1v) is 11.7. The molecule has 1 atom stereocenters. The molecule has 30 heavy (non-hydrogen) atoms. The van der Waals surface area contributed by atoms with Crippen molar-refractivity contribution < 1.29 is 9.59 Å². The van der Waals surface area contributed by atoms with Gasteiger partial charge in [-0.2, -0.15) is 0 Å². The van der Waals surface area contributed by atoms with Crippen LogP contribution in [0.4, 0.5) is 0 Å². The van der Waals surface area contributed by atoms with Crippen LogP contribution in [0, 0.1) is 12.3 Å². The summed E-state index contributed by atoms with van der Waals surface area (Å²) in [7, 11) is 0. The van der Waals surface area contributed by atoms with Crippen molar-refractivity contribution in [2.24, 2.45) is 5.41 Å². The van der Waals surface area contributed by atoms with E-state index in [9.17, 15) is 9.59 Å². The number of nitrogens with zero attached hydrogens (tertiary/aromatic N) is 2. The summed E-state index contributed by atoms with van der Waals surface area (Å²) < 4.78 is 0. The van der Waals surface area contributed by atoms with E-state index in [-0.39, 0.29) is 35.9 Å². The molecule has 0 N–H and O–H groups in total. The third-order valence-corrected chi connectivity index (χ3v) is 6.70. The molecule has 162 valence electrons. The topological polar surface area (TPSA) is 40.6 Å². The minimum atomic E-state index is -0.104. The maximum atomic E-state index is 13.5. The van der Waals surface area contributed by atoms with E-state index in [1.54, 1.807) is 16.2 Å². The zero-order valence-corrected chi connectivity index (χ0v) is 19.9. The second kappa shape index (κ2) is 8.93. The quantitative estimate of drug-likeness (QED) is 0.659. The van der Waals surface area contributed by atoms with Gasteiger partial charge in [0.15, 0.2) is 0 Å². The normalized spacial score (nSPS) is 16.5. The first-order valence-electron chi connectivity index (χ1n) is 10.8. The number of carbonyl (C=O) groups excluding carboxylic acids is 2. The molecule has 5 heteroatoms. The molecule has 2 amide bonds. The molecule has 0 saturated carbocycles. The van der Waals surface area contributed by atoms with Crippen LogP contribution < -0.4 is 0 Å². The number of fused-ring (bicyclic) bond motifs is 1. The van der Waals surface area contributed by atoms with Gasteiger partial charge in [-0.05, 0) is 60.7 Å². The standard InChI is InChI=1S/C25H34N2O2S/c1-17(2)27(22(28)15-25(4,5)6)16-23(29)26-13-11-21-20(12-14-30-21)24(26)19-10-8-7-9-18(19)3/h7-10,12,14,17,24H,11,13,15-16H2,1-6H3/t24-/m0/s1. The molecule has 3 rings (SSSR count). The Kier molecular flexibility index (Phi) is 6.71. The largest absolute Gasteiger partial charge is 0.331 e. The molecule has 4 nitrogen and oxygen atoms in total. The lowest BCUT2D eigenvalue weighted by Gasteiger charge is -2.39. The number of thiophene rings is 1. The Bertz CT molecular complexity index is 910. The van der Waals surface area contributed by atoms with Crippen molar-refractivity contribution >= 4 is 23.2 Å². The number of carbonyl (C=O) groups is 2. The molecule has 0 saturated heterocycles. The molecule has 2 heterocycles. The van der Waals surface area contributed by atoms with Crippen molar-refractivity contribution in [1.82, 2.24) is 9.80 Å². The third kappa shape index (κ3) is 4.94. The number of hydrogen-bond donors (Lipinski definition) is 0. The van der Waals surface area contributed by atoms with Crippen molar-refractivity contribution in [3.8, 4) is 0 Å². The SMILES string of the molecule is Cc1ccccc1[C@H]1c2ccsc2CCN1C(=O)CN(C(=O)CC(C)(C)C)C(C)C. The van der Waals surface area contributed by atoms with Crippen LogP contribution in [-0.2, 0) is 16.0 Å². The van der Waals surface area contributed by atoms with Crippen LogP contribution in [0.2, 0.25) is 0 Å². The zero-order chi connectivity index (χ0) is 22.1. The Balaban J connectivity index is 1.90. The lowest BCUT2D eigenvalue weighted by atomic mass is 9.90. The number of aryl methyl sites for hydroxylation is 1. The molecule has 1 aliphatic heterocycles. The summed E-state index contributed by atoms with van der Waals surface area (Å²) in [5.41, 5.74) is 3.48. The Labute approximate surface area is 184 Å². The number of hydrogen-bond acceptors (Lipinski definition) is 3. The fourth-order valence-corrected chi connectivity index (χ4v) is 5.07. The summed E-state index contributed by atoms with van der Waals surface area (Å²) in [6, 6.07) is 10.4. The molecule has 0 aliphatic carbocycles. The van der Waals surface area contributed by atoms with Crippen LogP contribution in [0.25, 0.3) is 0 Å². The van der Waals surface area contributed by atoms with Gasteiger partial charge in [0.05, 0.1) is 6.04 Å². The van der Waals surface area contributed by atoms with Crippen LogP contribution in [0.3, 0.4) is 0 Å². The highest BCUT2D eigenvalue weighted by atomic mass is 32.1. The zero-order valence-electron chi connectivity index (χ0n) is 19.1. The van der Waals surface area contributed by atoms with Crippen molar-refractivity contribution in [2.45, 2.75) is 66.5 Å². The van der Waals surface area contributed by atoms with Gasteiger partial charge in [0, 0.05) is 23.9 Å². The Morgan fingerprint density at radius 3 is 2.50 bits per heavy atom. The number of benzene rings is 1. The van der Waals surface area contributed by atoms with E-state index in [0.29, 0.717) is 13.0 Å². The summed E-state index contributed by atoms with van der Waals surface area (Å²) >= 11 is 1.77. The van der Waals surface area contributed by atoms with Crippen LogP contribution in [-0.4, -0.2) is 40.7 Å². The highest BCUT2D eigenvalue weighted by Gasteiger charge is 2.35. The Hall–Kier alpha value is -2.14. The predicted octanol–water partition coefficient (Wildman–Crippen LogP) is 5.20.